The highest BCUT2D eigenvalue weighted by Crippen LogP contribution is 2.25. The predicted molar refractivity (Wildman–Crippen MR) is 69.3 cm³/mol. The molecule has 5 nitrogen and oxygen atoms in total. The van der Waals surface area contributed by atoms with Crippen LogP contribution in [0.2, 0.25) is 0 Å². The second kappa shape index (κ2) is 5.94. The summed E-state index contributed by atoms with van der Waals surface area (Å²) >= 11 is 0. The van der Waals surface area contributed by atoms with Crippen LogP contribution in [0.5, 0.6) is 0 Å². The van der Waals surface area contributed by atoms with E-state index in [2.05, 4.69) is 4.98 Å². The molecule has 1 aliphatic heterocycles. The Morgan fingerprint density at radius 3 is 3.00 bits per heavy atom. The van der Waals surface area contributed by atoms with Gasteiger partial charge < -0.3 is 5.73 Å². The molecule has 0 spiro atoms. The Kier molecular flexibility index (Phi) is 4.49. The normalized spacial score (nSPS) is 21.5. The van der Waals surface area contributed by atoms with Crippen molar-refractivity contribution < 1.29 is 12.8 Å². The average molecular weight is 287 g/mol. The van der Waals surface area contributed by atoms with Gasteiger partial charge >= 0.3 is 0 Å². The van der Waals surface area contributed by atoms with Gasteiger partial charge in [0.15, 0.2) is 5.82 Å². The molecular weight excluding hydrogens is 269 g/mol. The summed E-state index contributed by atoms with van der Waals surface area (Å²) in [6, 6.07) is 2.49. The molecule has 106 valence electrons. The van der Waals surface area contributed by atoms with Crippen LogP contribution in [0, 0.1) is 11.7 Å². The molecule has 2 N–H and O–H groups in total. The van der Waals surface area contributed by atoms with Gasteiger partial charge in [0.1, 0.15) is 0 Å². The first-order valence-corrected chi connectivity index (χ1v) is 7.80. The standard InChI is InChI=1S/C12H18FN3O2S/c13-11-4-1-7-15-12(11)19(17,18)16-8-2-3-10(9-16)5-6-14/h1,4,7,10H,2-3,5-6,8-9,14H2. The summed E-state index contributed by atoms with van der Waals surface area (Å²) < 4.78 is 39.6. The van der Waals surface area contributed by atoms with Crippen LogP contribution in [-0.2, 0) is 10.0 Å². The van der Waals surface area contributed by atoms with E-state index >= 15 is 0 Å². The van der Waals surface area contributed by atoms with Crippen LogP contribution in [0.3, 0.4) is 0 Å². The third-order valence-corrected chi connectivity index (χ3v) is 5.17. The maximum Gasteiger partial charge on any atom is 0.263 e. The molecule has 7 heteroatoms. The number of nitrogens with two attached hydrogens (primary N) is 1. The highest BCUT2D eigenvalue weighted by molar-refractivity contribution is 7.89. The molecule has 1 aliphatic rings. The van der Waals surface area contributed by atoms with Crippen molar-refractivity contribution in [1.82, 2.24) is 9.29 Å². The molecule has 19 heavy (non-hydrogen) atoms. The number of sulfonamides is 1. The van der Waals surface area contributed by atoms with Crippen molar-refractivity contribution in [2.45, 2.75) is 24.3 Å². The van der Waals surface area contributed by atoms with E-state index in [0.29, 0.717) is 19.6 Å². The minimum absolute atomic E-state index is 0.250. The lowest BCUT2D eigenvalue weighted by Crippen LogP contribution is -2.41. The topological polar surface area (TPSA) is 76.3 Å². The summed E-state index contributed by atoms with van der Waals surface area (Å²) in [5.74, 6) is -0.552. The van der Waals surface area contributed by atoms with Gasteiger partial charge in [-0.2, -0.15) is 4.31 Å². The summed E-state index contributed by atoms with van der Waals surface area (Å²) in [7, 11) is -3.84. The zero-order chi connectivity index (χ0) is 13.9. The Morgan fingerprint density at radius 1 is 1.53 bits per heavy atom. The largest absolute Gasteiger partial charge is 0.330 e. The minimum atomic E-state index is -3.84. The molecule has 1 fully saturated rings. The summed E-state index contributed by atoms with van der Waals surface area (Å²) in [5, 5.41) is -0.483. The maximum absolute atomic E-state index is 13.6. The first kappa shape index (κ1) is 14.4. The van der Waals surface area contributed by atoms with E-state index in [4.69, 9.17) is 5.73 Å². The number of piperidine rings is 1. The smallest absolute Gasteiger partial charge is 0.263 e. The Balaban J connectivity index is 2.22. The molecular formula is C12H18FN3O2S. The lowest BCUT2D eigenvalue weighted by Gasteiger charge is -2.31. The van der Waals surface area contributed by atoms with Gasteiger partial charge in [-0.25, -0.2) is 17.8 Å². The minimum Gasteiger partial charge on any atom is -0.330 e. The lowest BCUT2D eigenvalue weighted by atomic mass is 9.96. The van der Waals surface area contributed by atoms with Crippen LogP contribution in [0.15, 0.2) is 23.4 Å². The van der Waals surface area contributed by atoms with Crippen molar-refractivity contribution in [3.05, 3.63) is 24.1 Å². The van der Waals surface area contributed by atoms with Crippen molar-refractivity contribution in [1.29, 1.82) is 0 Å². The number of nitrogens with zero attached hydrogens (tertiary/aromatic N) is 2. The van der Waals surface area contributed by atoms with Crippen molar-refractivity contribution >= 4 is 10.0 Å². The third-order valence-electron chi connectivity index (χ3n) is 3.37. The summed E-state index contributed by atoms with van der Waals surface area (Å²) in [6.07, 6.45) is 3.82. The zero-order valence-electron chi connectivity index (χ0n) is 10.6. The van der Waals surface area contributed by atoms with Gasteiger partial charge in [-0.05, 0) is 43.9 Å². The van der Waals surface area contributed by atoms with Gasteiger partial charge in [0.2, 0.25) is 5.03 Å². The van der Waals surface area contributed by atoms with E-state index in [1.165, 1.54) is 16.6 Å². The Labute approximate surface area is 112 Å². The van der Waals surface area contributed by atoms with Crippen LogP contribution in [0.1, 0.15) is 19.3 Å². The molecule has 2 heterocycles. The zero-order valence-corrected chi connectivity index (χ0v) is 11.4. The Hall–Kier alpha value is -1.05. The van der Waals surface area contributed by atoms with Gasteiger partial charge in [0.25, 0.3) is 10.0 Å². The van der Waals surface area contributed by atoms with Gasteiger partial charge in [-0.3, -0.25) is 0 Å². The third kappa shape index (κ3) is 3.10. The van der Waals surface area contributed by atoms with Crippen LogP contribution in [-0.4, -0.2) is 37.3 Å². The summed E-state index contributed by atoms with van der Waals surface area (Å²) in [6.45, 7) is 1.35. The quantitative estimate of drug-likeness (QED) is 0.895. The van der Waals surface area contributed by atoms with Crippen molar-refractivity contribution in [3.8, 4) is 0 Å². The van der Waals surface area contributed by atoms with Gasteiger partial charge in [-0.15, -0.1) is 0 Å². The predicted octanol–water partition coefficient (Wildman–Crippen LogP) is 0.970. The second-order valence-electron chi connectivity index (χ2n) is 4.74. The van der Waals surface area contributed by atoms with Crippen LogP contribution in [0.4, 0.5) is 4.39 Å². The van der Waals surface area contributed by atoms with Gasteiger partial charge in [0.05, 0.1) is 0 Å². The summed E-state index contributed by atoms with van der Waals surface area (Å²) in [5.41, 5.74) is 5.51. The molecule has 1 unspecified atom stereocenters. The van der Waals surface area contributed by atoms with E-state index in [-0.39, 0.29) is 5.92 Å². The molecule has 1 saturated heterocycles. The first-order valence-electron chi connectivity index (χ1n) is 6.36. The number of aromatic nitrogens is 1. The van der Waals surface area contributed by atoms with Crippen LogP contribution in [0.25, 0.3) is 0 Å². The number of pyridine rings is 1. The highest BCUT2D eigenvalue weighted by Gasteiger charge is 2.32. The monoisotopic (exact) mass is 287 g/mol. The molecule has 1 aromatic rings. The fourth-order valence-electron chi connectivity index (χ4n) is 2.40. The molecule has 0 radical (unpaired) electrons. The van der Waals surface area contributed by atoms with E-state index in [1.54, 1.807) is 0 Å². The van der Waals surface area contributed by atoms with Crippen molar-refractivity contribution in [2.24, 2.45) is 11.7 Å². The number of hydrogen-bond acceptors (Lipinski definition) is 4. The fraction of sp³-hybridized carbons (Fsp3) is 0.583. The van der Waals surface area contributed by atoms with Crippen molar-refractivity contribution in [2.75, 3.05) is 19.6 Å². The molecule has 1 aromatic heterocycles. The molecule has 0 bridgehead atoms. The van der Waals surface area contributed by atoms with Gasteiger partial charge in [0, 0.05) is 19.3 Å². The number of halogens is 1. The van der Waals surface area contributed by atoms with E-state index < -0.39 is 20.9 Å². The lowest BCUT2D eigenvalue weighted by molar-refractivity contribution is 0.257. The second-order valence-corrected chi connectivity index (χ2v) is 6.59. The van der Waals surface area contributed by atoms with Crippen LogP contribution >= 0.6 is 0 Å². The van der Waals surface area contributed by atoms with Crippen molar-refractivity contribution in [3.63, 3.8) is 0 Å². The molecule has 0 aliphatic carbocycles. The SMILES string of the molecule is NCCC1CCCN(S(=O)(=O)c2ncccc2F)C1. The first-order chi connectivity index (χ1) is 9.05. The fourth-order valence-corrected chi connectivity index (χ4v) is 3.93. The highest BCUT2D eigenvalue weighted by atomic mass is 32.2. The maximum atomic E-state index is 13.6. The van der Waals surface area contributed by atoms with E-state index in [0.717, 1.165) is 25.3 Å². The molecule has 0 saturated carbocycles. The Bertz CT molecular complexity index is 534. The molecule has 1 atom stereocenters. The summed E-state index contributed by atoms with van der Waals surface area (Å²) in [4.78, 5) is 3.67. The Morgan fingerprint density at radius 2 is 2.32 bits per heavy atom. The van der Waals surface area contributed by atoms with Gasteiger partial charge in [-0.1, -0.05) is 0 Å². The molecule has 2 rings (SSSR count). The van der Waals surface area contributed by atoms with E-state index in [9.17, 15) is 12.8 Å². The number of rotatable bonds is 4. The number of hydrogen-bond donors (Lipinski definition) is 1. The molecule has 0 aromatic carbocycles. The van der Waals surface area contributed by atoms with E-state index in [1.807, 2.05) is 0 Å². The van der Waals surface area contributed by atoms with Crippen LogP contribution < -0.4 is 5.73 Å². The molecule has 0 amide bonds. The average Bonchev–Trinajstić information content (AvgIpc) is 2.40.